The molecule has 0 bridgehead atoms. The number of nitrogens with one attached hydrogen (secondary N) is 1. The van der Waals surface area contributed by atoms with Gasteiger partial charge in [0.05, 0.1) is 25.6 Å². The first-order valence-electron chi connectivity index (χ1n) is 12.0. The summed E-state index contributed by atoms with van der Waals surface area (Å²) in [6, 6.07) is 1.05. The number of ether oxygens (including phenoxy) is 2. The fraction of sp³-hybridized carbons (Fsp3) is 0.526. The van der Waals surface area contributed by atoms with Crippen LogP contribution in [0.15, 0.2) is 34.5 Å². The summed E-state index contributed by atoms with van der Waals surface area (Å²) in [6.45, 7) is -1.65. The zero-order valence-electron chi connectivity index (χ0n) is 21.1. The summed E-state index contributed by atoms with van der Waals surface area (Å²) < 4.78 is 52.2. The van der Waals surface area contributed by atoms with Crippen LogP contribution >= 0.6 is 15.6 Å². The van der Waals surface area contributed by atoms with Crippen molar-refractivity contribution < 1.29 is 57.1 Å². The van der Waals surface area contributed by atoms with Crippen LogP contribution in [0.5, 0.6) is 0 Å². The second-order valence-electron chi connectivity index (χ2n) is 9.16. The lowest BCUT2D eigenvalue weighted by molar-refractivity contribution is -0.0513. The third-order valence-electron chi connectivity index (χ3n) is 6.38. The van der Waals surface area contributed by atoms with Crippen molar-refractivity contribution in [3.05, 3.63) is 45.8 Å². The highest BCUT2D eigenvalue weighted by Crippen LogP contribution is 2.62. The molecule has 0 radical (unpaired) electrons. The van der Waals surface area contributed by atoms with E-state index in [1.54, 1.807) is 0 Å². The smallest absolute Gasteiger partial charge is 0.394 e. The number of aromatic amines is 1. The number of anilines is 1. The molecule has 0 spiro atoms. The molecule has 23 heteroatoms. The molecule has 0 saturated carbocycles. The number of imidazole rings is 1. The van der Waals surface area contributed by atoms with Crippen molar-refractivity contribution in [1.82, 2.24) is 29.1 Å². The van der Waals surface area contributed by atoms with Crippen molar-refractivity contribution in [3.8, 4) is 0 Å². The molecule has 2 aliphatic heterocycles. The number of aliphatic hydroxyl groups excluding tert-OH is 3. The lowest BCUT2D eigenvalue weighted by Crippen LogP contribution is -2.35. The lowest BCUT2D eigenvalue weighted by Gasteiger charge is -2.23. The second-order valence-corrected chi connectivity index (χ2v) is 12.2. The standard InChI is InChI=1S/C19H25N7O14P2/c20-16-13-17(22-6-21-16)26(7-23-13)18-14(30)15(9(4-27)38-18)39-42(34,35)40-41(32,33)36-5-10-8(28)3-12(37-10)25-2-1-11(29)24-19(25)31/h1-2,6-10,12,14-15,18,27-28,30H,3-5H2,(H,32,33)(H,34,35)(H2,20,21,22)(H,24,29,31)/t8-,9+,10+,12+,14+,15+,18+/m0/s1. The average Bonchev–Trinajstić information content (AvgIpc) is 3.58. The van der Waals surface area contributed by atoms with Crippen LogP contribution in [0.1, 0.15) is 18.9 Å². The first kappa shape index (κ1) is 30.5. The van der Waals surface area contributed by atoms with E-state index in [1.807, 2.05) is 4.98 Å². The third kappa shape index (κ3) is 6.23. The Morgan fingerprint density at radius 1 is 1.10 bits per heavy atom. The van der Waals surface area contributed by atoms with E-state index in [4.69, 9.17) is 24.3 Å². The van der Waals surface area contributed by atoms with Crippen molar-refractivity contribution in [2.24, 2.45) is 0 Å². The highest BCUT2D eigenvalue weighted by Gasteiger charge is 2.50. The molecular formula is C19H25N7O14P2. The van der Waals surface area contributed by atoms with E-state index in [9.17, 15) is 43.8 Å². The topological polar surface area (TPSA) is 306 Å². The number of aromatic nitrogens is 6. The number of phosphoric acid groups is 2. The number of nitrogen functional groups attached to an aromatic ring is 1. The number of aliphatic hydroxyl groups is 3. The van der Waals surface area contributed by atoms with Crippen LogP contribution in [0.25, 0.3) is 11.2 Å². The molecule has 0 aromatic carbocycles. The summed E-state index contributed by atoms with van der Waals surface area (Å²) in [4.78, 5) is 57.3. The molecule has 21 nitrogen and oxygen atoms in total. The van der Waals surface area contributed by atoms with Crippen molar-refractivity contribution in [2.75, 3.05) is 18.9 Å². The number of phosphoric ester groups is 2. The van der Waals surface area contributed by atoms with E-state index >= 15 is 0 Å². The summed E-state index contributed by atoms with van der Waals surface area (Å²) >= 11 is 0. The van der Waals surface area contributed by atoms with Gasteiger partial charge in [0.1, 0.15) is 42.5 Å². The first-order chi connectivity index (χ1) is 19.8. The number of nitrogens with two attached hydrogens (primary N) is 1. The molecule has 3 aromatic rings. The van der Waals surface area contributed by atoms with E-state index in [0.29, 0.717) is 0 Å². The fourth-order valence-electron chi connectivity index (χ4n) is 4.47. The van der Waals surface area contributed by atoms with Crippen molar-refractivity contribution in [2.45, 2.75) is 49.4 Å². The molecule has 5 heterocycles. The van der Waals surface area contributed by atoms with E-state index < -0.39 is 83.1 Å². The van der Waals surface area contributed by atoms with Crippen molar-refractivity contribution in [1.29, 1.82) is 0 Å². The Balaban J connectivity index is 1.22. The SMILES string of the molecule is Nc1ncnc2c1ncn2[C@@H]1O[C@H](CO)[C@@H](OP(=O)(O)OP(=O)(O)OC[C@H]2O[C@@H](n3ccc(=O)[nH]c3=O)C[C@@H]2O)[C@H]1O. The van der Waals surface area contributed by atoms with Gasteiger partial charge in [0.25, 0.3) is 5.56 Å². The number of fused-ring (bicyclic) bond motifs is 1. The number of H-pyrrole nitrogens is 1. The molecule has 3 aromatic heterocycles. The van der Waals surface area contributed by atoms with Gasteiger partial charge in [0.2, 0.25) is 0 Å². The largest absolute Gasteiger partial charge is 0.481 e. The van der Waals surface area contributed by atoms with Crippen LogP contribution in [-0.2, 0) is 32.0 Å². The minimum Gasteiger partial charge on any atom is -0.394 e. The van der Waals surface area contributed by atoms with Gasteiger partial charge in [-0.1, -0.05) is 0 Å². The van der Waals surface area contributed by atoms with Gasteiger partial charge in [-0.25, -0.2) is 28.9 Å². The summed E-state index contributed by atoms with van der Waals surface area (Å²) in [7, 11) is -10.9. The van der Waals surface area contributed by atoms with Gasteiger partial charge in [0.15, 0.2) is 17.7 Å². The Hall–Kier alpha value is -2.91. The zero-order valence-corrected chi connectivity index (χ0v) is 22.9. The molecule has 5 rings (SSSR count). The van der Waals surface area contributed by atoms with Gasteiger partial charge < -0.3 is 40.3 Å². The summed E-state index contributed by atoms with van der Waals surface area (Å²) in [6.07, 6.45) is -6.65. The molecule has 230 valence electrons. The molecule has 8 N–H and O–H groups in total. The molecule has 0 aliphatic carbocycles. The van der Waals surface area contributed by atoms with Gasteiger partial charge in [-0.2, -0.15) is 4.31 Å². The highest BCUT2D eigenvalue weighted by molar-refractivity contribution is 7.61. The van der Waals surface area contributed by atoms with E-state index in [1.165, 1.54) is 10.9 Å². The predicted octanol–water partition coefficient (Wildman–Crippen LogP) is -2.52. The molecule has 42 heavy (non-hydrogen) atoms. The minimum atomic E-state index is -5.50. The van der Waals surface area contributed by atoms with Gasteiger partial charge in [-0.3, -0.25) is 28.0 Å². The lowest BCUT2D eigenvalue weighted by atomic mass is 10.1. The van der Waals surface area contributed by atoms with Gasteiger partial charge in [-0.15, -0.1) is 0 Å². The van der Waals surface area contributed by atoms with Crippen LogP contribution in [0.2, 0.25) is 0 Å². The Kier molecular flexibility index (Phi) is 8.47. The Morgan fingerprint density at radius 2 is 1.86 bits per heavy atom. The van der Waals surface area contributed by atoms with Gasteiger partial charge in [-0.05, 0) is 0 Å². The zero-order chi connectivity index (χ0) is 30.4. The summed E-state index contributed by atoms with van der Waals surface area (Å²) in [5.74, 6) is 0.0288. The summed E-state index contributed by atoms with van der Waals surface area (Å²) in [5, 5.41) is 30.8. The van der Waals surface area contributed by atoms with Crippen LogP contribution < -0.4 is 17.0 Å². The van der Waals surface area contributed by atoms with Crippen LogP contribution in [-0.4, -0.2) is 97.9 Å². The van der Waals surface area contributed by atoms with Crippen molar-refractivity contribution in [3.63, 3.8) is 0 Å². The maximum Gasteiger partial charge on any atom is 0.481 e. The summed E-state index contributed by atoms with van der Waals surface area (Å²) in [5.41, 5.74) is 4.57. The molecule has 2 aliphatic rings. The Labute approximate surface area is 233 Å². The third-order valence-corrected chi connectivity index (χ3v) is 9.02. The maximum atomic E-state index is 12.7. The first-order valence-corrected chi connectivity index (χ1v) is 15.0. The number of hydrogen-bond donors (Lipinski definition) is 7. The monoisotopic (exact) mass is 637 g/mol. The number of nitrogens with zero attached hydrogens (tertiary/aromatic N) is 5. The van der Waals surface area contributed by atoms with E-state index in [0.717, 1.165) is 23.2 Å². The maximum absolute atomic E-state index is 12.7. The average molecular weight is 637 g/mol. The van der Waals surface area contributed by atoms with Gasteiger partial charge in [0, 0.05) is 18.7 Å². The number of rotatable bonds is 10. The predicted molar refractivity (Wildman–Crippen MR) is 134 cm³/mol. The molecule has 2 unspecified atom stereocenters. The van der Waals surface area contributed by atoms with Crippen molar-refractivity contribution >= 4 is 32.6 Å². The highest BCUT2D eigenvalue weighted by atomic mass is 31.3. The molecular weight excluding hydrogens is 612 g/mol. The molecule has 2 fully saturated rings. The number of hydrogen-bond acceptors (Lipinski definition) is 16. The molecule has 0 amide bonds. The fourth-order valence-corrected chi connectivity index (χ4v) is 6.76. The van der Waals surface area contributed by atoms with Crippen LogP contribution in [0.4, 0.5) is 5.82 Å². The Morgan fingerprint density at radius 3 is 2.57 bits per heavy atom. The molecule has 9 atom stereocenters. The van der Waals surface area contributed by atoms with Crippen LogP contribution in [0, 0.1) is 0 Å². The van der Waals surface area contributed by atoms with E-state index in [2.05, 4.69) is 19.3 Å². The van der Waals surface area contributed by atoms with E-state index in [-0.39, 0.29) is 23.4 Å². The quantitative estimate of drug-likeness (QED) is 0.113. The Bertz CT molecular complexity index is 1660. The minimum absolute atomic E-state index is 0.0288. The molecule has 2 saturated heterocycles. The second kappa shape index (κ2) is 11.6. The normalized spacial score (nSPS) is 30.8. The van der Waals surface area contributed by atoms with Crippen LogP contribution in [0.3, 0.4) is 0 Å². The van der Waals surface area contributed by atoms with Gasteiger partial charge >= 0.3 is 21.3 Å².